The maximum absolute atomic E-state index is 9.51. The number of ether oxygens (including phenoxy) is 2. The number of aromatic nitrogens is 2. The highest BCUT2D eigenvalue weighted by Crippen LogP contribution is 2.33. The third kappa shape index (κ3) is 6.10. The van der Waals surface area contributed by atoms with E-state index in [1.165, 1.54) is 11.1 Å². The van der Waals surface area contributed by atoms with Crippen molar-refractivity contribution < 1.29 is 9.47 Å². The van der Waals surface area contributed by atoms with Crippen LogP contribution in [0.3, 0.4) is 0 Å². The number of nitrogens with zero attached hydrogens (tertiary/aromatic N) is 4. The van der Waals surface area contributed by atoms with E-state index in [1.807, 2.05) is 32.0 Å². The van der Waals surface area contributed by atoms with Crippen molar-refractivity contribution in [2.75, 3.05) is 33.4 Å². The first-order valence-electron chi connectivity index (χ1n) is 11.0. The Morgan fingerprint density at radius 3 is 2.36 bits per heavy atom. The SMILES string of the molecule is COCCN1CCc2ccc(-c3nnc(-c4ccc(OC(C)C)c(C#N)c4)s3)cc2CC1.Cl. The molecule has 0 saturated heterocycles. The zero-order valence-corrected chi connectivity index (χ0v) is 20.8. The van der Waals surface area contributed by atoms with Crippen molar-refractivity contribution in [3.8, 4) is 33.0 Å². The van der Waals surface area contributed by atoms with Crippen molar-refractivity contribution in [3.05, 3.63) is 53.1 Å². The molecule has 0 unspecified atom stereocenters. The van der Waals surface area contributed by atoms with Crippen molar-refractivity contribution in [1.29, 1.82) is 5.26 Å². The third-order valence-corrected chi connectivity index (χ3v) is 6.62. The molecule has 3 aromatic rings. The van der Waals surface area contributed by atoms with E-state index in [2.05, 4.69) is 39.4 Å². The molecule has 33 heavy (non-hydrogen) atoms. The molecule has 0 saturated carbocycles. The molecule has 2 aromatic carbocycles. The summed E-state index contributed by atoms with van der Waals surface area (Å²) in [5.41, 5.74) is 5.29. The Morgan fingerprint density at radius 1 is 1.03 bits per heavy atom. The van der Waals surface area contributed by atoms with Gasteiger partial charge in [0.25, 0.3) is 0 Å². The average Bonchev–Trinajstić information content (AvgIpc) is 3.20. The Labute approximate surface area is 205 Å². The predicted molar refractivity (Wildman–Crippen MR) is 134 cm³/mol. The first-order valence-corrected chi connectivity index (χ1v) is 11.8. The van der Waals surface area contributed by atoms with Crippen LogP contribution in [0.15, 0.2) is 36.4 Å². The molecule has 8 heteroatoms. The van der Waals surface area contributed by atoms with Crippen LogP contribution < -0.4 is 4.74 Å². The van der Waals surface area contributed by atoms with Gasteiger partial charge in [-0.15, -0.1) is 22.6 Å². The molecule has 174 valence electrons. The van der Waals surface area contributed by atoms with Crippen LogP contribution in [0.2, 0.25) is 0 Å². The van der Waals surface area contributed by atoms with Crippen molar-refractivity contribution in [2.24, 2.45) is 0 Å². The van der Waals surface area contributed by atoms with Gasteiger partial charge in [-0.3, -0.25) is 0 Å². The Hall–Kier alpha value is -2.50. The third-order valence-electron chi connectivity index (χ3n) is 5.59. The summed E-state index contributed by atoms with van der Waals surface area (Å²) < 4.78 is 11.0. The maximum atomic E-state index is 9.51. The number of nitriles is 1. The summed E-state index contributed by atoms with van der Waals surface area (Å²) in [5.74, 6) is 0.598. The molecule has 0 atom stereocenters. The molecule has 0 bridgehead atoms. The molecule has 0 amide bonds. The molecule has 2 heterocycles. The first kappa shape index (κ1) is 25.1. The normalized spacial score (nSPS) is 13.7. The van der Waals surface area contributed by atoms with Crippen molar-refractivity contribution >= 4 is 23.7 Å². The molecule has 0 spiro atoms. The molecule has 4 rings (SSSR count). The van der Waals surface area contributed by atoms with Gasteiger partial charge in [-0.25, -0.2) is 0 Å². The molecule has 0 N–H and O–H groups in total. The topological polar surface area (TPSA) is 71.3 Å². The molecular weight excluding hydrogens is 456 g/mol. The van der Waals surface area contributed by atoms with Gasteiger partial charge in [0.15, 0.2) is 0 Å². The lowest BCUT2D eigenvalue weighted by molar-refractivity contribution is 0.150. The van der Waals surface area contributed by atoms with Crippen LogP contribution in [-0.4, -0.2) is 54.6 Å². The van der Waals surface area contributed by atoms with E-state index in [-0.39, 0.29) is 18.5 Å². The van der Waals surface area contributed by atoms with Gasteiger partial charge in [0.05, 0.1) is 18.3 Å². The second kappa shape index (κ2) is 11.6. The Balaban J connectivity index is 0.00000306. The number of fused-ring (bicyclic) bond motifs is 1. The Bertz CT molecular complexity index is 1130. The fourth-order valence-corrected chi connectivity index (χ4v) is 4.75. The largest absolute Gasteiger partial charge is 0.490 e. The smallest absolute Gasteiger partial charge is 0.148 e. The van der Waals surface area contributed by atoms with Crippen LogP contribution in [0.5, 0.6) is 5.75 Å². The fraction of sp³-hybridized carbons (Fsp3) is 0.400. The van der Waals surface area contributed by atoms with Crippen molar-refractivity contribution in [2.45, 2.75) is 32.8 Å². The van der Waals surface area contributed by atoms with Gasteiger partial charge in [-0.05, 0) is 62.1 Å². The average molecular weight is 485 g/mol. The summed E-state index contributed by atoms with van der Waals surface area (Å²) in [6, 6.07) is 14.5. The van der Waals surface area contributed by atoms with E-state index in [9.17, 15) is 5.26 Å². The molecule has 1 aliphatic heterocycles. The molecular formula is C25H29ClN4O2S. The first-order chi connectivity index (χ1) is 15.6. The molecule has 1 aromatic heterocycles. The van der Waals surface area contributed by atoms with E-state index in [4.69, 9.17) is 9.47 Å². The number of benzene rings is 2. The van der Waals surface area contributed by atoms with Gasteiger partial charge in [0.2, 0.25) is 0 Å². The summed E-state index contributed by atoms with van der Waals surface area (Å²) >= 11 is 1.55. The minimum absolute atomic E-state index is 0. The van der Waals surface area contributed by atoms with Crippen LogP contribution in [-0.2, 0) is 17.6 Å². The summed E-state index contributed by atoms with van der Waals surface area (Å²) in [4.78, 5) is 2.46. The highest BCUT2D eigenvalue weighted by molar-refractivity contribution is 7.17. The van der Waals surface area contributed by atoms with Crippen LogP contribution in [0.1, 0.15) is 30.5 Å². The van der Waals surface area contributed by atoms with Gasteiger partial charge in [0.1, 0.15) is 21.8 Å². The molecule has 0 aliphatic carbocycles. The van der Waals surface area contributed by atoms with Gasteiger partial charge in [-0.1, -0.05) is 23.5 Å². The van der Waals surface area contributed by atoms with E-state index in [0.29, 0.717) is 11.3 Å². The van der Waals surface area contributed by atoms with E-state index in [0.717, 1.165) is 60.2 Å². The molecule has 1 aliphatic rings. The Morgan fingerprint density at radius 2 is 1.70 bits per heavy atom. The van der Waals surface area contributed by atoms with E-state index < -0.39 is 0 Å². The van der Waals surface area contributed by atoms with Gasteiger partial charge in [0, 0.05) is 37.9 Å². The molecule has 0 radical (unpaired) electrons. The summed E-state index contributed by atoms with van der Waals surface area (Å²) in [5, 5.41) is 20.1. The van der Waals surface area contributed by atoms with E-state index >= 15 is 0 Å². The van der Waals surface area contributed by atoms with Crippen LogP contribution in [0.4, 0.5) is 0 Å². The lowest BCUT2D eigenvalue weighted by atomic mass is 10.0. The van der Waals surface area contributed by atoms with E-state index in [1.54, 1.807) is 18.4 Å². The Kier molecular flexibility index (Phi) is 8.81. The summed E-state index contributed by atoms with van der Waals surface area (Å²) in [7, 11) is 1.75. The number of rotatable bonds is 7. The predicted octanol–water partition coefficient (Wildman–Crippen LogP) is 5.00. The zero-order chi connectivity index (χ0) is 22.5. The second-order valence-corrected chi connectivity index (χ2v) is 9.20. The summed E-state index contributed by atoms with van der Waals surface area (Å²) in [6.07, 6.45) is 2.10. The molecule has 6 nitrogen and oxygen atoms in total. The maximum Gasteiger partial charge on any atom is 0.148 e. The highest BCUT2D eigenvalue weighted by atomic mass is 35.5. The monoisotopic (exact) mass is 484 g/mol. The lowest BCUT2D eigenvalue weighted by Gasteiger charge is -2.18. The van der Waals surface area contributed by atoms with Crippen LogP contribution >= 0.6 is 23.7 Å². The molecule has 0 fully saturated rings. The minimum atomic E-state index is 0. The quantitative estimate of drug-likeness (QED) is 0.470. The lowest BCUT2D eigenvalue weighted by Crippen LogP contribution is -2.29. The second-order valence-electron chi connectivity index (χ2n) is 8.22. The van der Waals surface area contributed by atoms with Crippen molar-refractivity contribution in [3.63, 3.8) is 0 Å². The number of hydrogen-bond acceptors (Lipinski definition) is 7. The van der Waals surface area contributed by atoms with Crippen molar-refractivity contribution in [1.82, 2.24) is 15.1 Å². The number of halogens is 1. The highest BCUT2D eigenvalue weighted by Gasteiger charge is 2.17. The zero-order valence-electron chi connectivity index (χ0n) is 19.2. The number of hydrogen-bond donors (Lipinski definition) is 0. The number of methoxy groups -OCH3 is 1. The fourth-order valence-electron chi connectivity index (χ4n) is 3.91. The summed E-state index contributed by atoms with van der Waals surface area (Å²) in [6.45, 7) is 7.75. The van der Waals surface area contributed by atoms with Gasteiger partial charge in [-0.2, -0.15) is 5.26 Å². The van der Waals surface area contributed by atoms with Crippen LogP contribution in [0.25, 0.3) is 21.1 Å². The van der Waals surface area contributed by atoms with Crippen LogP contribution in [0, 0.1) is 11.3 Å². The van der Waals surface area contributed by atoms with Gasteiger partial charge < -0.3 is 14.4 Å². The standard InChI is InChI=1S/C25H28N4O2S.ClH/c1-17(2)31-23-7-6-21(15-22(23)16-26)25-28-27-24(32-25)20-5-4-18-8-10-29(12-13-30-3)11-9-19(18)14-20;/h4-7,14-15,17H,8-13H2,1-3H3;1H. The van der Waals surface area contributed by atoms with Gasteiger partial charge >= 0.3 is 0 Å². The minimum Gasteiger partial charge on any atom is -0.490 e.